The number of ether oxygens (including phenoxy) is 1. The van der Waals surface area contributed by atoms with Crippen molar-refractivity contribution in [3.05, 3.63) is 0 Å². The van der Waals surface area contributed by atoms with Crippen molar-refractivity contribution >= 4 is 0 Å². The average molecular weight is 257 g/mol. The fourth-order valence-electron chi connectivity index (χ4n) is 3.30. The monoisotopic (exact) mass is 257 g/mol. The van der Waals surface area contributed by atoms with E-state index in [1.165, 1.54) is 12.8 Å². The van der Waals surface area contributed by atoms with Crippen molar-refractivity contribution in [1.29, 1.82) is 0 Å². The number of nitrogens with zero attached hydrogens (tertiary/aromatic N) is 1. The van der Waals surface area contributed by atoms with Crippen LogP contribution in [0.3, 0.4) is 0 Å². The normalized spacial score (nSPS) is 39.5. The van der Waals surface area contributed by atoms with E-state index in [9.17, 15) is 10.2 Å². The van der Waals surface area contributed by atoms with Crippen molar-refractivity contribution in [2.24, 2.45) is 5.92 Å². The highest BCUT2D eigenvalue weighted by Gasteiger charge is 2.29. The van der Waals surface area contributed by atoms with Gasteiger partial charge in [-0.05, 0) is 25.7 Å². The Morgan fingerprint density at radius 3 is 2.72 bits per heavy atom. The molecule has 1 saturated heterocycles. The lowest BCUT2D eigenvalue weighted by Crippen LogP contribution is -2.50. The minimum Gasteiger partial charge on any atom is -0.394 e. The zero-order valence-corrected chi connectivity index (χ0v) is 11.4. The van der Waals surface area contributed by atoms with Gasteiger partial charge in [-0.3, -0.25) is 4.90 Å². The van der Waals surface area contributed by atoms with Crippen LogP contribution in [0.1, 0.15) is 39.0 Å². The van der Waals surface area contributed by atoms with Crippen LogP contribution < -0.4 is 0 Å². The third-order valence-electron chi connectivity index (χ3n) is 4.22. The molecule has 0 bridgehead atoms. The van der Waals surface area contributed by atoms with E-state index in [-0.39, 0.29) is 24.9 Å². The molecule has 2 N–H and O–H groups in total. The molecule has 2 aliphatic rings. The number of rotatable bonds is 3. The summed E-state index contributed by atoms with van der Waals surface area (Å²) in [5.41, 5.74) is 0. The van der Waals surface area contributed by atoms with Crippen molar-refractivity contribution < 1.29 is 14.9 Å². The summed E-state index contributed by atoms with van der Waals surface area (Å²) in [6.07, 6.45) is 5.73. The summed E-state index contributed by atoms with van der Waals surface area (Å²) in [6, 6.07) is 0. The molecule has 0 spiro atoms. The van der Waals surface area contributed by atoms with Gasteiger partial charge in [-0.1, -0.05) is 19.3 Å². The van der Waals surface area contributed by atoms with E-state index in [0.29, 0.717) is 5.92 Å². The molecule has 4 atom stereocenters. The number of hydrogen-bond acceptors (Lipinski definition) is 4. The molecule has 4 unspecified atom stereocenters. The van der Waals surface area contributed by atoms with E-state index in [4.69, 9.17) is 4.74 Å². The third-order valence-corrected chi connectivity index (χ3v) is 4.22. The van der Waals surface area contributed by atoms with Gasteiger partial charge in [-0.15, -0.1) is 0 Å². The Kier molecular flexibility index (Phi) is 5.42. The van der Waals surface area contributed by atoms with E-state index in [1.807, 2.05) is 0 Å². The topological polar surface area (TPSA) is 52.9 Å². The van der Waals surface area contributed by atoms with Gasteiger partial charge in [0, 0.05) is 19.6 Å². The van der Waals surface area contributed by atoms with E-state index in [1.54, 1.807) is 0 Å². The van der Waals surface area contributed by atoms with Crippen LogP contribution in [0.4, 0.5) is 0 Å². The number of aliphatic hydroxyl groups excluding tert-OH is 2. The van der Waals surface area contributed by atoms with Crippen LogP contribution in [0.15, 0.2) is 0 Å². The van der Waals surface area contributed by atoms with Gasteiger partial charge in [0.05, 0.1) is 24.9 Å². The van der Waals surface area contributed by atoms with E-state index < -0.39 is 0 Å². The SMILES string of the molecule is CC1CN(CC2CCCCCC2O)CC(CO)O1. The van der Waals surface area contributed by atoms with Crippen molar-refractivity contribution in [3.63, 3.8) is 0 Å². The van der Waals surface area contributed by atoms with E-state index in [0.717, 1.165) is 38.9 Å². The molecule has 0 aromatic heterocycles. The van der Waals surface area contributed by atoms with Gasteiger partial charge >= 0.3 is 0 Å². The minimum absolute atomic E-state index is 0.0586. The molecule has 1 heterocycles. The Morgan fingerprint density at radius 1 is 1.17 bits per heavy atom. The predicted molar refractivity (Wildman–Crippen MR) is 70.4 cm³/mol. The lowest BCUT2D eigenvalue weighted by atomic mass is 9.96. The van der Waals surface area contributed by atoms with Gasteiger partial charge in [-0.2, -0.15) is 0 Å². The molecule has 2 rings (SSSR count). The van der Waals surface area contributed by atoms with Gasteiger partial charge < -0.3 is 14.9 Å². The molecule has 4 nitrogen and oxygen atoms in total. The predicted octanol–water partition coefficient (Wildman–Crippen LogP) is 1.01. The second-order valence-electron chi connectivity index (χ2n) is 5.94. The molecule has 2 fully saturated rings. The number of hydrogen-bond donors (Lipinski definition) is 2. The largest absolute Gasteiger partial charge is 0.394 e. The first kappa shape index (κ1) is 14.3. The van der Waals surface area contributed by atoms with Crippen LogP contribution in [0.25, 0.3) is 0 Å². The molecular weight excluding hydrogens is 230 g/mol. The van der Waals surface area contributed by atoms with Gasteiger partial charge in [0.1, 0.15) is 0 Å². The van der Waals surface area contributed by atoms with Gasteiger partial charge in [-0.25, -0.2) is 0 Å². The van der Waals surface area contributed by atoms with Crippen LogP contribution in [0.5, 0.6) is 0 Å². The lowest BCUT2D eigenvalue weighted by Gasteiger charge is -2.38. The van der Waals surface area contributed by atoms with Crippen molar-refractivity contribution in [1.82, 2.24) is 4.90 Å². The fourth-order valence-corrected chi connectivity index (χ4v) is 3.30. The standard InChI is InChI=1S/C14H27NO3/c1-11-7-15(9-13(10-16)18-11)8-12-5-3-2-4-6-14(12)17/h11-14,16-17H,2-10H2,1H3. The summed E-state index contributed by atoms with van der Waals surface area (Å²) < 4.78 is 5.65. The summed E-state index contributed by atoms with van der Waals surface area (Å²) in [5.74, 6) is 0.400. The Balaban J connectivity index is 1.86. The fraction of sp³-hybridized carbons (Fsp3) is 1.00. The quantitative estimate of drug-likeness (QED) is 0.741. The molecule has 0 radical (unpaired) electrons. The van der Waals surface area contributed by atoms with Crippen LogP contribution in [-0.2, 0) is 4.74 Å². The van der Waals surface area contributed by atoms with Crippen LogP contribution in [-0.4, -0.2) is 59.7 Å². The van der Waals surface area contributed by atoms with Crippen LogP contribution in [0.2, 0.25) is 0 Å². The molecule has 1 aliphatic heterocycles. The molecule has 0 aromatic rings. The molecule has 0 amide bonds. The Hall–Kier alpha value is -0.160. The summed E-state index contributed by atoms with van der Waals surface area (Å²) >= 11 is 0. The second kappa shape index (κ2) is 6.85. The van der Waals surface area contributed by atoms with Crippen LogP contribution in [0, 0.1) is 5.92 Å². The van der Waals surface area contributed by atoms with Crippen molar-refractivity contribution in [2.75, 3.05) is 26.2 Å². The molecule has 106 valence electrons. The molecule has 0 aromatic carbocycles. The minimum atomic E-state index is -0.141. The summed E-state index contributed by atoms with van der Waals surface area (Å²) in [4.78, 5) is 2.36. The maximum atomic E-state index is 10.2. The van der Waals surface area contributed by atoms with Gasteiger partial charge in [0.25, 0.3) is 0 Å². The summed E-state index contributed by atoms with van der Waals surface area (Å²) in [7, 11) is 0. The lowest BCUT2D eigenvalue weighted by molar-refractivity contribution is -0.101. The average Bonchev–Trinajstić information content (AvgIpc) is 2.54. The van der Waals surface area contributed by atoms with Gasteiger partial charge in [0.2, 0.25) is 0 Å². The second-order valence-corrected chi connectivity index (χ2v) is 5.94. The molecule has 18 heavy (non-hydrogen) atoms. The van der Waals surface area contributed by atoms with Crippen LogP contribution >= 0.6 is 0 Å². The zero-order chi connectivity index (χ0) is 13.0. The molecule has 4 heteroatoms. The highest BCUT2D eigenvalue weighted by molar-refractivity contribution is 4.81. The summed E-state index contributed by atoms with van der Waals surface area (Å²) in [6.45, 7) is 4.81. The third kappa shape index (κ3) is 3.92. The first-order chi connectivity index (χ1) is 8.69. The first-order valence-corrected chi connectivity index (χ1v) is 7.35. The highest BCUT2D eigenvalue weighted by Crippen LogP contribution is 2.25. The Labute approximate surface area is 110 Å². The maximum Gasteiger partial charge on any atom is 0.0936 e. The van der Waals surface area contributed by atoms with Gasteiger partial charge in [0.15, 0.2) is 0 Å². The first-order valence-electron chi connectivity index (χ1n) is 7.35. The Bertz CT molecular complexity index is 249. The molecule has 1 saturated carbocycles. The van der Waals surface area contributed by atoms with E-state index >= 15 is 0 Å². The zero-order valence-electron chi connectivity index (χ0n) is 11.4. The van der Waals surface area contributed by atoms with Crippen molar-refractivity contribution in [3.8, 4) is 0 Å². The summed E-state index contributed by atoms with van der Waals surface area (Å²) in [5, 5.41) is 19.4. The van der Waals surface area contributed by atoms with Crippen molar-refractivity contribution in [2.45, 2.75) is 57.3 Å². The Morgan fingerprint density at radius 2 is 1.94 bits per heavy atom. The smallest absolute Gasteiger partial charge is 0.0936 e. The molecular formula is C14H27NO3. The number of aliphatic hydroxyl groups is 2. The highest BCUT2D eigenvalue weighted by atomic mass is 16.5. The molecule has 1 aliphatic carbocycles. The van der Waals surface area contributed by atoms with E-state index in [2.05, 4.69) is 11.8 Å². The maximum absolute atomic E-state index is 10.2. The number of morpholine rings is 1.